The summed E-state index contributed by atoms with van der Waals surface area (Å²) in [6.07, 6.45) is 2.54. The highest BCUT2D eigenvalue weighted by Crippen LogP contribution is 2.33. The van der Waals surface area contributed by atoms with Crippen molar-refractivity contribution in [2.45, 2.75) is 51.6 Å². The summed E-state index contributed by atoms with van der Waals surface area (Å²) in [5.41, 5.74) is 2.93. The van der Waals surface area contributed by atoms with Crippen LogP contribution in [0.4, 0.5) is 0 Å². The molecule has 2 atom stereocenters. The maximum absolute atomic E-state index is 12.1. The highest BCUT2D eigenvalue weighted by molar-refractivity contribution is 7.89. The van der Waals surface area contributed by atoms with Gasteiger partial charge in [-0.15, -0.1) is 0 Å². The monoisotopic (exact) mass is 430 g/mol. The Hall–Kier alpha value is -2.22. The van der Waals surface area contributed by atoms with Crippen molar-refractivity contribution in [2.24, 2.45) is 0 Å². The smallest absolute Gasteiger partial charge is 0.311 e. The lowest BCUT2D eigenvalue weighted by molar-refractivity contribution is -0.134. The van der Waals surface area contributed by atoms with Gasteiger partial charge in [0.05, 0.1) is 5.75 Å². The zero-order valence-electron chi connectivity index (χ0n) is 17.6. The second kappa shape index (κ2) is 10.2. The number of para-hydroxylation sites is 1. The van der Waals surface area contributed by atoms with Crippen LogP contribution in [0, 0.1) is 0 Å². The van der Waals surface area contributed by atoms with Gasteiger partial charge in [0.2, 0.25) is 10.0 Å². The molecule has 0 aromatic heterocycles. The Labute approximate surface area is 179 Å². The number of hydrogen-bond acceptors (Lipinski definition) is 5. The largest absolute Gasteiger partial charge is 0.426 e. The van der Waals surface area contributed by atoms with Gasteiger partial charge in [-0.2, -0.15) is 0 Å². The first-order valence-corrected chi connectivity index (χ1v) is 12.2. The van der Waals surface area contributed by atoms with E-state index in [1.54, 1.807) is 6.92 Å². The quantitative estimate of drug-likeness (QED) is 0.471. The Bertz CT molecular complexity index is 975. The maximum Gasteiger partial charge on any atom is 0.311 e. The number of benzene rings is 2. The summed E-state index contributed by atoms with van der Waals surface area (Å²) in [6.45, 7) is 4.36. The average molecular weight is 431 g/mol. The Morgan fingerprint density at radius 1 is 1.10 bits per heavy atom. The molecular formula is C23H30N2O4S. The molecule has 0 radical (unpaired) electrons. The van der Waals surface area contributed by atoms with Gasteiger partial charge in [0.15, 0.2) is 0 Å². The number of esters is 1. The van der Waals surface area contributed by atoms with E-state index in [1.165, 1.54) is 0 Å². The molecule has 0 aliphatic carbocycles. The first kappa shape index (κ1) is 22.5. The average Bonchev–Trinajstić information content (AvgIpc) is 3.15. The fourth-order valence-corrected chi connectivity index (χ4v) is 4.70. The van der Waals surface area contributed by atoms with E-state index in [0.717, 1.165) is 36.1 Å². The zero-order valence-corrected chi connectivity index (χ0v) is 18.4. The van der Waals surface area contributed by atoms with E-state index in [9.17, 15) is 13.2 Å². The zero-order chi connectivity index (χ0) is 21.6. The molecule has 7 heteroatoms. The Kier molecular flexibility index (Phi) is 7.64. The topological polar surface area (TPSA) is 84.5 Å². The van der Waals surface area contributed by atoms with Gasteiger partial charge in [0.25, 0.3) is 0 Å². The first-order chi connectivity index (χ1) is 14.4. The molecule has 1 fully saturated rings. The summed E-state index contributed by atoms with van der Waals surface area (Å²) in [5, 5.41) is 3.43. The van der Waals surface area contributed by atoms with Crippen LogP contribution in [0.25, 0.3) is 11.1 Å². The third-order valence-corrected chi connectivity index (χ3v) is 6.79. The van der Waals surface area contributed by atoms with Crippen LogP contribution >= 0.6 is 0 Å². The fraction of sp³-hybridized carbons (Fsp3) is 0.435. The van der Waals surface area contributed by atoms with E-state index in [1.807, 2.05) is 55.5 Å². The van der Waals surface area contributed by atoms with E-state index < -0.39 is 10.0 Å². The number of sulfonamides is 1. The van der Waals surface area contributed by atoms with Crippen molar-refractivity contribution >= 4 is 16.0 Å². The summed E-state index contributed by atoms with van der Waals surface area (Å²) in [4.78, 5) is 12.1. The van der Waals surface area contributed by atoms with E-state index in [2.05, 4.69) is 10.0 Å². The summed E-state index contributed by atoms with van der Waals surface area (Å²) >= 11 is 0. The molecule has 6 nitrogen and oxygen atoms in total. The lowest BCUT2D eigenvalue weighted by Gasteiger charge is -2.22. The van der Waals surface area contributed by atoms with Crippen molar-refractivity contribution < 1.29 is 17.9 Å². The normalized spacial score (nSPS) is 19.0. The molecule has 1 aliphatic heterocycles. The highest BCUT2D eigenvalue weighted by Gasteiger charge is 2.30. The summed E-state index contributed by atoms with van der Waals surface area (Å²) in [7, 11) is -3.26. The second-order valence-corrected chi connectivity index (χ2v) is 9.60. The van der Waals surface area contributed by atoms with Crippen molar-refractivity contribution in [1.29, 1.82) is 0 Å². The van der Waals surface area contributed by atoms with E-state index in [-0.39, 0.29) is 23.8 Å². The van der Waals surface area contributed by atoms with Crippen LogP contribution in [0.15, 0.2) is 48.5 Å². The van der Waals surface area contributed by atoms with Gasteiger partial charge in [0.1, 0.15) is 5.75 Å². The molecule has 0 bridgehead atoms. The predicted molar refractivity (Wildman–Crippen MR) is 119 cm³/mol. The molecule has 1 saturated heterocycles. The number of carbonyl (C=O) groups excluding carboxylic acids is 1. The number of nitrogens with one attached hydrogen (secondary N) is 2. The third-order valence-electron chi connectivity index (χ3n) is 5.37. The summed E-state index contributed by atoms with van der Waals surface area (Å²) < 4.78 is 32.6. The van der Waals surface area contributed by atoms with Crippen molar-refractivity contribution in [3.8, 4) is 16.9 Å². The molecule has 0 amide bonds. The van der Waals surface area contributed by atoms with E-state index >= 15 is 0 Å². The lowest BCUT2D eigenvalue weighted by atomic mass is 9.93. The molecule has 2 aromatic rings. The lowest BCUT2D eigenvalue weighted by Crippen LogP contribution is -2.45. The minimum absolute atomic E-state index is 0.00211. The van der Waals surface area contributed by atoms with E-state index in [0.29, 0.717) is 18.6 Å². The van der Waals surface area contributed by atoms with Crippen LogP contribution in [0.5, 0.6) is 5.75 Å². The van der Waals surface area contributed by atoms with Gasteiger partial charge in [-0.25, -0.2) is 13.1 Å². The van der Waals surface area contributed by atoms with Crippen molar-refractivity contribution in [3.63, 3.8) is 0 Å². The van der Waals surface area contributed by atoms with E-state index in [4.69, 9.17) is 4.74 Å². The second-order valence-electron chi connectivity index (χ2n) is 7.56. The van der Waals surface area contributed by atoms with Gasteiger partial charge < -0.3 is 10.1 Å². The van der Waals surface area contributed by atoms with Gasteiger partial charge in [-0.3, -0.25) is 4.79 Å². The summed E-state index contributed by atoms with van der Waals surface area (Å²) in [5.74, 6) is 0.378. The SMILES string of the molecule is CCCC(=O)Oc1ccccc1-c1ccccc1CC1NCCC1NS(=O)(=O)CC. The molecule has 2 unspecified atom stereocenters. The molecule has 0 spiro atoms. The van der Waals surface area contributed by atoms with Crippen LogP contribution in [-0.2, 0) is 21.2 Å². The number of hydrogen-bond donors (Lipinski definition) is 2. The fourth-order valence-electron chi connectivity index (χ4n) is 3.79. The molecule has 162 valence electrons. The molecule has 2 aromatic carbocycles. The van der Waals surface area contributed by atoms with Crippen molar-refractivity contribution in [2.75, 3.05) is 12.3 Å². The molecule has 1 heterocycles. The summed E-state index contributed by atoms with van der Waals surface area (Å²) in [6, 6.07) is 15.4. The standard InChI is InChI=1S/C23H30N2O4S/c1-3-9-23(26)29-22-13-8-7-12-19(22)18-11-6-5-10-17(18)16-21-20(14-15-24-21)25-30(27,28)4-2/h5-8,10-13,20-21,24-25H,3-4,9,14-16H2,1-2H3. The molecule has 30 heavy (non-hydrogen) atoms. The molecule has 1 aliphatic rings. The van der Waals surface area contributed by atoms with Crippen LogP contribution in [0.2, 0.25) is 0 Å². The number of carbonyl (C=O) groups is 1. The Morgan fingerprint density at radius 2 is 1.80 bits per heavy atom. The van der Waals surface area contributed by atoms with Crippen LogP contribution < -0.4 is 14.8 Å². The Morgan fingerprint density at radius 3 is 2.53 bits per heavy atom. The van der Waals surface area contributed by atoms with Crippen LogP contribution in [-0.4, -0.2) is 38.8 Å². The first-order valence-electron chi connectivity index (χ1n) is 10.5. The van der Waals surface area contributed by atoms with Gasteiger partial charge >= 0.3 is 5.97 Å². The molecule has 3 rings (SSSR count). The molecular weight excluding hydrogens is 400 g/mol. The van der Waals surface area contributed by atoms with Crippen LogP contribution in [0.1, 0.15) is 38.7 Å². The number of rotatable bonds is 9. The molecule has 0 saturated carbocycles. The van der Waals surface area contributed by atoms with Crippen molar-refractivity contribution in [3.05, 3.63) is 54.1 Å². The maximum atomic E-state index is 12.1. The Balaban J connectivity index is 1.86. The van der Waals surface area contributed by atoms with Gasteiger partial charge in [-0.05, 0) is 49.9 Å². The predicted octanol–water partition coefficient (Wildman–Crippen LogP) is 3.27. The van der Waals surface area contributed by atoms with Crippen LogP contribution in [0.3, 0.4) is 0 Å². The van der Waals surface area contributed by atoms with Crippen molar-refractivity contribution in [1.82, 2.24) is 10.0 Å². The molecule has 2 N–H and O–H groups in total. The third kappa shape index (κ3) is 5.68. The minimum atomic E-state index is -3.26. The van der Waals surface area contributed by atoms with Gasteiger partial charge in [-0.1, -0.05) is 49.4 Å². The number of ether oxygens (including phenoxy) is 1. The highest BCUT2D eigenvalue weighted by atomic mass is 32.2. The minimum Gasteiger partial charge on any atom is -0.426 e. The van der Waals surface area contributed by atoms with Gasteiger partial charge in [0, 0.05) is 24.1 Å².